The molecular weight excluding hydrogens is 240 g/mol. The van der Waals surface area contributed by atoms with Crippen LogP contribution in [-0.2, 0) is 0 Å². The lowest BCUT2D eigenvalue weighted by Crippen LogP contribution is -2.03. The van der Waals surface area contributed by atoms with Crippen LogP contribution in [0, 0.1) is 20.8 Å². The summed E-state index contributed by atoms with van der Waals surface area (Å²) in [5, 5.41) is 12.2. The van der Waals surface area contributed by atoms with Crippen molar-refractivity contribution >= 4 is 17.5 Å². The first kappa shape index (κ1) is 13.1. The van der Waals surface area contributed by atoms with E-state index in [1.807, 2.05) is 32.0 Å². The summed E-state index contributed by atoms with van der Waals surface area (Å²) in [6.45, 7) is 5.83. The Hall–Kier alpha value is -2.36. The number of carboxylic acid groups (broad SMARTS) is 1. The van der Waals surface area contributed by atoms with Crippen LogP contribution in [0.3, 0.4) is 0 Å². The summed E-state index contributed by atoms with van der Waals surface area (Å²) in [6, 6.07) is 9.03. The Morgan fingerprint density at radius 1 is 1.21 bits per heavy atom. The Balaban J connectivity index is 2.38. The molecule has 98 valence electrons. The first-order chi connectivity index (χ1) is 8.97. The van der Waals surface area contributed by atoms with Gasteiger partial charge in [-0.3, -0.25) is 0 Å². The molecule has 0 saturated carbocycles. The van der Waals surface area contributed by atoms with Crippen molar-refractivity contribution in [3.63, 3.8) is 0 Å². The van der Waals surface area contributed by atoms with E-state index in [9.17, 15) is 4.79 Å². The number of rotatable bonds is 3. The number of hydrogen-bond acceptors (Lipinski definition) is 3. The number of carbonyl (C=O) groups is 1. The largest absolute Gasteiger partial charge is 0.478 e. The lowest BCUT2D eigenvalue weighted by atomic mass is 10.1. The Morgan fingerprint density at radius 3 is 2.63 bits per heavy atom. The minimum absolute atomic E-state index is 0.236. The van der Waals surface area contributed by atoms with Gasteiger partial charge in [-0.25, -0.2) is 9.78 Å². The number of benzene rings is 1. The molecule has 0 saturated heterocycles. The summed E-state index contributed by atoms with van der Waals surface area (Å²) >= 11 is 0. The van der Waals surface area contributed by atoms with E-state index in [1.54, 1.807) is 13.0 Å². The predicted molar refractivity (Wildman–Crippen MR) is 75.1 cm³/mol. The molecule has 0 amide bonds. The van der Waals surface area contributed by atoms with Gasteiger partial charge in [-0.2, -0.15) is 0 Å². The number of anilines is 2. The molecule has 0 fully saturated rings. The molecule has 4 heteroatoms. The minimum Gasteiger partial charge on any atom is -0.478 e. The van der Waals surface area contributed by atoms with Crippen LogP contribution in [0.1, 0.15) is 27.2 Å². The third-order valence-electron chi connectivity index (χ3n) is 3.07. The molecule has 0 aliphatic rings. The van der Waals surface area contributed by atoms with E-state index < -0.39 is 5.97 Å². The molecule has 2 N–H and O–H groups in total. The Labute approximate surface area is 112 Å². The number of carboxylic acids is 1. The first-order valence-corrected chi connectivity index (χ1v) is 6.02. The van der Waals surface area contributed by atoms with Crippen molar-refractivity contribution in [1.29, 1.82) is 0 Å². The third-order valence-corrected chi connectivity index (χ3v) is 3.07. The van der Waals surface area contributed by atoms with Gasteiger partial charge < -0.3 is 10.4 Å². The van der Waals surface area contributed by atoms with Crippen LogP contribution in [0.5, 0.6) is 0 Å². The molecule has 1 aromatic carbocycles. The van der Waals surface area contributed by atoms with E-state index >= 15 is 0 Å². The molecule has 2 aromatic rings. The second-order valence-corrected chi connectivity index (χ2v) is 4.56. The lowest BCUT2D eigenvalue weighted by molar-refractivity contribution is 0.0696. The second-order valence-electron chi connectivity index (χ2n) is 4.56. The normalized spacial score (nSPS) is 10.3. The highest BCUT2D eigenvalue weighted by Gasteiger charge is 2.08. The molecule has 4 nitrogen and oxygen atoms in total. The third kappa shape index (κ3) is 2.91. The number of pyridine rings is 1. The second kappa shape index (κ2) is 5.10. The summed E-state index contributed by atoms with van der Waals surface area (Å²) in [5.74, 6) is -0.402. The molecule has 0 unspecified atom stereocenters. The molecule has 0 radical (unpaired) electrons. The molecule has 1 aromatic heterocycles. The first-order valence-electron chi connectivity index (χ1n) is 6.02. The maximum absolute atomic E-state index is 11.0. The number of aryl methyl sites for hydroxylation is 2. The van der Waals surface area contributed by atoms with E-state index in [-0.39, 0.29) is 5.56 Å². The van der Waals surface area contributed by atoms with Gasteiger partial charge >= 0.3 is 5.97 Å². The SMILES string of the molecule is Cc1cc(C(=O)O)cc(Nc2cccc(C)c2C)n1. The van der Waals surface area contributed by atoms with Crippen molar-refractivity contribution < 1.29 is 9.90 Å². The number of aromatic carboxylic acids is 1. The smallest absolute Gasteiger partial charge is 0.335 e. The molecule has 0 spiro atoms. The molecule has 1 heterocycles. The van der Waals surface area contributed by atoms with E-state index in [2.05, 4.69) is 10.3 Å². The van der Waals surface area contributed by atoms with Crippen molar-refractivity contribution in [2.45, 2.75) is 20.8 Å². The maximum atomic E-state index is 11.0. The molecular formula is C15H16N2O2. The summed E-state index contributed by atoms with van der Waals surface area (Å²) < 4.78 is 0. The zero-order valence-corrected chi connectivity index (χ0v) is 11.2. The van der Waals surface area contributed by atoms with Gasteiger partial charge in [-0.1, -0.05) is 12.1 Å². The fraction of sp³-hybridized carbons (Fsp3) is 0.200. The van der Waals surface area contributed by atoms with Crippen LogP contribution in [0.4, 0.5) is 11.5 Å². The predicted octanol–water partition coefficient (Wildman–Crippen LogP) is 3.45. The highest BCUT2D eigenvalue weighted by atomic mass is 16.4. The Bertz CT molecular complexity index is 636. The van der Waals surface area contributed by atoms with Gasteiger partial charge in [0.15, 0.2) is 0 Å². The van der Waals surface area contributed by atoms with Crippen LogP contribution in [0.25, 0.3) is 0 Å². The molecule has 0 aliphatic carbocycles. The quantitative estimate of drug-likeness (QED) is 0.883. The van der Waals surface area contributed by atoms with Crippen LogP contribution < -0.4 is 5.32 Å². The minimum atomic E-state index is -0.950. The van der Waals surface area contributed by atoms with Gasteiger partial charge in [0.05, 0.1) is 5.56 Å². The topological polar surface area (TPSA) is 62.2 Å². The zero-order valence-electron chi connectivity index (χ0n) is 11.2. The van der Waals surface area contributed by atoms with Crippen molar-refractivity contribution in [3.05, 3.63) is 52.7 Å². The van der Waals surface area contributed by atoms with Crippen molar-refractivity contribution in [2.24, 2.45) is 0 Å². The summed E-state index contributed by atoms with van der Waals surface area (Å²) in [7, 11) is 0. The fourth-order valence-corrected chi connectivity index (χ4v) is 1.88. The molecule has 19 heavy (non-hydrogen) atoms. The average molecular weight is 256 g/mol. The van der Waals surface area contributed by atoms with Crippen molar-refractivity contribution in [3.8, 4) is 0 Å². The summed E-state index contributed by atoms with van der Waals surface area (Å²) in [4.78, 5) is 15.3. The molecule has 0 aliphatic heterocycles. The number of aromatic nitrogens is 1. The summed E-state index contributed by atoms with van der Waals surface area (Å²) in [6.07, 6.45) is 0. The highest BCUT2D eigenvalue weighted by Crippen LogP contribution is 2.22. The molecule has 0 atom stereocenters. The monoisotopic (exact) mass is 256 g/mol. The van der Waals surface area contributed by atoms with E-state index in [0.29, 0.717) is 11.5 Å². The van der Waals surface area contributed by atoms with Crippen LogP contribution in [-0.4, -0.2) is 16.1 Å². The van der Waals surface area contributed by atoms with E-state index in [4.69, 9.17) is 5.11 Å². The van der Waals surface area contributed by atoms with Crippen LogP contribution in [0.15, 0.2) is 30.3 Å². The van der Waals surface area contributed by atoms with Gasteiger partial charge in [0.25, 0.3) is 0 Å². The lowest BCUT2D eigenvalue weighted by Gasteiger charge is -2.11. The van der Waals surface area contributed by atoms with Crippen molar-refractivity contribution in [1.82, 2.24) is 4.98 Å². The number of hydrogen-bond donors (Lipinski definition) is 2. The highest BCUT2D eigenvalue weighted by molar-refractivity contribution is 5.88. The van der Waals surface area contributed by atoms with Gasteiger partial charge in [-0.15, -0.1) is 0 Å². The average Bonchev–Trinajstić information content (AvgIpc) is 2.34. The fourth-order valence-electron chi connectivity index (χ4n) is 1.88. The maximum Gasteiger partial charge on any atom is 0.335 e. The molecule has 0 bridgehead atoms. The van der Waals surface area contributed by atoms with Crippen LogP contribution >= 0.6 is 0 Å². The Kier molecular flexibility index (Phi) is 3.51. The number of nitrogens with zero attached hydrogens (tertiary/aromatic N) is 1. The van der Waals surface area contributed by atoms with Gasteiger partial charge in [0.1, 0.15) is 5.82 Å². The zero-order chi connectivity index (χ0) is 14.0. The Morgan fingerprint density at radius 2 is 1.95 bits per heavy atom. The van der Waals surface area contributed by atoms with E-state index in [1.165, 1.54) is 11.6 Å². The molecule has 2 rings (SSSR count). The van der Waals surface area contributed by atoms with Gasteiger partial charge in [-0.05, 0) is 50.1 Å². The number of nitrogens with one attached hydrogen (secondary N) is 1. The summed E-state index contributed by atoms with van der Waals surface area (Å²) in [5.41, 5.74) is 4.15. The van der Waals surface area contributed by atoms with Gasteiger partial charge in [0, 0.05) is 11.4 Å². The standard InChI is InChI=1S/C15H16N2O2/c1-9-5-4-6-13(11(9)3)17-14-8-12(15(18)19)7-10(2)16-14/h4-8H,1-3H3,(H,16,17)(H,18,19). The van der Waals surface area contributed by atoms with Crippen molar-refractivity contribution in [2.75, 3.05) is 5.32 Å². The van der Waals surface area contributed by atoms with E-state index in [0.717, 1.165) is 11.3 Å². The van der Waals surface area contributed by atoms with Gasteiger partial charge in [0.2, 0.25) is 0 Å². The van der Waals surface area contributed by atoms with Crippen LogP contribution in [0.2, 0.25) is 0 Å².